The second-order valence-electron chi connectivity index (χ2n) is 3.99. The highest BCUT2D eigenvalue weighted by atomic mass is 35.5. The number of nitrogens with two attached hydrogens (primary N) is 1. The van der Waals surface area contributed by atoms with Crippen molar-refractivity contribution in [3.63, 3.8) is 0 Å². The predicted molar refractivity (Wildman–Crippen MR) is 78.1 cm³/mol. The van der Waals surface area contributed by atoms with Gasteiger partial charge in [0.05, 0.1) is 7.11 Å². The maximum Gasteiger partial charge on any atom is 0.327 e. The number of carbonyl (C=O) groups is 1. The highest BCUT2D eigenvalue weighted by Gasteiger charge is 2.15. The van der Waals surface area contributed by atoms with Gasteiger partial charge in [0, 0.05) is 0 Å². The van der Waals surface area contributed by atoms with Crippen molar-refractivity contribution in [2.75, 3.05) is 7.11 Å². The molecule has 4 heteroatoms. The average Bonchev–Trinajstić information content (AvgIpc) is 2.47. The maximum atomic E-state index is 11.3. The predicted octanol–water partition coefficient (Wildman–Crippen LogP) is 2.95. The van der Waals surface area contributed by atoms with Crippen LogP contribution in [0.4, 0.5) is 0 Å². The van der Waals surface area contributed by atoms with Crippen LogP contribution in [-0.2, 0) is 9.53 Å². The fraction of sp³-hybridized carbons (Fsp3) is 0.133. The molecule has 0 radical (unpaired) electrons. The van der Waals surface area contributed by atoms with E-state index in [4.69, 9.17) is 5.73 Å². The molecule has 0 amide bonds. The van der Waals surface area contributed by atoms with Gasteiger partial charge in [-0.25, -0.2) is 0 Å². The van der Waals surface area contributed by atoms with E-state index in [2.05, 4.69) is 4.74 Å². The van der Waals surface area contributed by atoms with Crippen molar-refractivity contribution >= 4 is 18.4 Å². The number of halogens is 1. The Hall–Kier alpha value is -1.84. The summed E-state index contributed by atoms with van der Waals surface area (Å²) >= 11 is 0. The lowest BCUT2D eigenvalue weighted by molar-refractivity contribution is -0.142. The maximum absolute atomic E-state index is 11.3. The van der Waals surface area contributed by atoms with Gasteiger partial charge < -0.3 is 10.5 Å². The molecule has 0 aromatic heterocycles. The molecule has 0 saturated carbocycles. The van der Waals surface area contributed by atoms with E-state index in [1.807, 2.05) is 54.6 Å². The normalized spacial score (nSPS) is 11.3. The lowest BCUT2D eigenvalue weighted by atomic mass is 10.0. The Balaban J connectivity index is 0.00000180. The summed E-state index contributed by atoms with van der Waals surface area (Å²) in [5.74, 6) is -0.428. The zero-order chi connectivity index (χ0) is 13.0. The molecule has 100 valence electrons. The van der Waals surface area contributed by atoms with E-state index >= 15 is 0 Å². The molecule has 0 spiro atoms. The van der Waals surface area contributed by atoms with Gasteiger partial charge in [-0.3, -0.25) is 4.79 Å². The molecule has 0 unspecified atom stereocenters. The number of benzene rings is 2. The zero-order valence-electron chi connectivity index (χ0n) is 10.6. The molecular formula is C15H16ClNO2. The van der Waals surface area contributed by atoms with Gasteiger partial charge in [-0.2, -0.15) is 0 Å². The summed E-state index contributed by atoms with van der Waals surface area (Å²) in [6.07, 6.45) is 0. The number of rotatable bonds is 3. The van der Waals surface area contributed by atoms with Crippen molar-refractivity contribution in [1.82, 2.24) is 0 Å². The minimum Gasteiger partial charge on any atom is -0.468 e. The number of carbonyl (C=O) groups excluding carboxylic acids is 1. The molecule has 2 aromatic rings. The fourth-order valence-electron chi connectivity index (χ4n) is 1.78. The quantitative estimate of drug-likeness (QED) is 0.878. The van der Waals surface area contributed by atoms with E-state index in [0.717, 1.165) is 16.7 Å². The Morgan fingerprint density at radius 1 is 1.00 bits per heavy atom. The van der Waals surface area contributed by atoms with Crippen molar-refractivity contribution < 1.29 is 9.53 Å². The molecule has 19 heavy (non-hydrogen) atoms. The van der Waals surface area contributed by atoms with E-state index in [1.54, 1.807) is 0 Å². The molecule has 0 bridgehead atoms. The standard InChI is InChI=1S/C15H15NO2.ClH/c1-18-15(17)14(16)13-9-7-12(8-10-13)11-5-3-2-4-6-11;/h2-10,14H,16H2,1H3;1H/t14-;/m0./s1. The van der Waals surface area contributed by atoms with Gasteiger partial charge >= 0.3 is 5.97 Å². The Bertz CT molecular complexity index is 526. The SMILES string of the molecule is COC(=O)[C@@H](N)c1ccc(-c2ccccc2)cc1.Cl. The van der Waals surface area contributed by atoms with Crippen LogP contribution in [0.1, 0.15) is 11.6 Å². The topological polar surface area (TPSA) is 52.3 Å². The second-order valence-corrected chi connectivity index (χ2v) is 3.99. The van der Waals surface area contributed by atoms with E-state index in [-0.39, 0.29) is 12.4 Å². The number of hydrogen-bond donors (Lipinski definition) is 1. The first-order valence-electron chi connectivity index (χ1n) is 5.71. The van der Waals surface area contributed by atoms with Crippen LogP contribution in [0.25, 0.3) is 11.1 Å². The van der Waals surface area contributed by atoms with Crippen LogP contribution in [0.5, 0.6) is 0 Å². The van der Waals surface area contributed by atoms with E-state index < -0.39 is 12.0 Å². The van der Waals surface area contributed by atoms with Crippen molar-refractivity contribution in [1.29, 1.82) is 0 Å². The number of ether oxygens (including phenoxy) is 1. The third-order valence-electron chi connectivity index (χ3n) is 2.83. The zero-order valence-corrected chi connectivity index (χ0v) is 11.4. The van der Waals surface area contributed by atoms with Crippen LogP contribution in [0.2, 0.25) is 0 Å². The van der Waals surface area contributed by atoms with E-state index in [9.17, 15) is 4.79 Å². The summed E-state index contributed by atoms with van der Waals surface area (Å²) in [7, 11) is 1.33. The largest absolute Gasteiger partial charge is 0.468 e. The van der Waals surface area contributed by atoms with Crippen LogP contribution in [0.15, 0.2) is 54.6 Å². The van der Waals surface area contributed by atoms with Crippen LogP contribution >= 0.6 is 12.4 Å². The van der Waals surface area contributed by atoms with Crippen molar-refractivity contribution in [2.45, 2.75) is 6.04 Å². The van der Waals surface area contributed by atoms with Gasteiger partial charge in [-0.15, -0.1) is 12.4 Å². The smallest absolute Gasteiger partial charge is 0.327 e. The lowest BCUT2D eigenvalue weighted by Gasteiger charge is -2.10. The highest BCUT2D eigenvalue weighted by Crippen LogP contribution is 2.21. The minimum absolute atomic E-state index is 0. The Kier molecular flexibility index (Phi) is 5.55. The Morgan fingerprint density at radius 3 is 2.05 bits per heavy atom. The summed E-state index contributed by atoms with van der Waals surface area (Å²) in [4.78, 5) is 11.3. The molecule has 1 atom stereocenters. The van der Waals surface area contributed by atoms with Crippen LogP contribution in [-0.4, -0.2) is 13.1 Å². The number of hydrogen-bond acceptors (Lipinski definition) is 3. The third kappa shape index (κ3) is 3.56. The van der Waals surface area contributed by atoms with Gasteiger partial charge in [0.15, 0.2) is 0 Å². The monoisotopic (exact) mass is 277 g/mol. The second kappa shape index (κ2) is 6.92. The van der Waals surface area contributed by atoms with Gasteiger partial charge in [0.25, 0.3) is 0 Å². The summed E-state index contributed by atoms with van der Waals surface area (Å²) in [5.41, 5.74) is 8.74. The molecule has 0 aliphatic heterocycles. The summed E-state index contributed by atoms with van der Waals surface area (Å²) in [5, 5.41) is 0. The molecule has 0 heterocycles. The van der Waals surface area contributed by atoms with Crippen LogP contribution in [0.3, 0.4) is 0 Å². The molecule has 0 fully saturated rings. The first-order valence-corrected chi connectivity index (χ1v) is 5.71. The molecule has 2 N–H and O–H groups in total. The van der Waals surface area contributed by atoms with Crippen molar-refractivity contribution in [3.05, 3.63) is 60.2 Å². The molecular weight excluding hydrogens is 262 g/mol. The van der Waals surface area contributed by atoms with Gasteiger partial charge in [0.2, 0.25) is 0 Å². The molecule has 0 saturated heterocycles. The molecule has 0 aliphatic carbocycles. The van der Waals surface area contributed by atoms with Crippen molar-refractivity contribution in [2.24, 2.45) is 5.73 Å². The first-order chi connectivity index (χ1) is 8.72. The van der Waals surface area contributed by atoms with Crippen LogP contribution in [0, 0.1) is 0 Å². The minimum atomic E-state index is -0.722. The molecule has 3 nitrogen and oxygen atoms in total. The van der Waals surface area contributed by atoms with E-state index in [0.29, 0.717) is 0 Å². The Labute approximate surface area is 118 Å². The average molecular weight is 278 g/mol. The fourth-order valence-corrected chi connectivity index (χ4v) is 1.78. The van der Waals surface area contributed by atoms with E-state index in [1.165, 1.54) is 7.11 Å². The van der Waals surface area contributed by atoms with Gasteiger partial charge in [-0.1, -0.05) is 54.6 Å². The number of methoxy groups -OCH3 is 1. The van der Waals surface area contributed by atoms with Crippen LogP contribution < -0.4 is 5.73 Å². The summed E-state index contributed by atoms with van der Waals surface area (Å²) in [6, 6.07) is 16.9. The number of esters is 1. The molecule has 2 rings (SSSR count). The Morgan fingerprint density at radius 2 is 1.53 bits per heavy atom. The van der Waals surface area contributed by atoms with Gasteiger partial charge in [-0.05, 0) is 16.7 Å². The van der Waals surface area contributed by atoms with Gasteiger partial charge in [0.1, 0.15) is 6.04 Å². The summed E-state index contributed by atoms with van der Waals surface area (Å²) in [6.45, 7) is 0. The summed E-state index contributed by atoms with van der Waals surface area (Å²) < 4.78 is 4.62. The lowest BCUT2D eigenvalue weighted by Crippen LogP contribution is -2.22. The molecule has 0 aliphatic rings. The first kappa shape index (κ1) is 15.2. The third-order valence-corrected chi connectivity index (χ3v) is 2.83. The highest BCUT2D eigenvalue weighted by molar-refractivity contribution is 5.85. The molecule has 2 aromatic carbocycles. The van der Waals surface area contributed by atoms with Crippen molar-refractivity contribution in [3.8, 4) is 11.1 Å².